The predicted octanol–water partition coefficient (Wildman–Crippen LogP) is 2.58. The van der Waals surface area contributed by atoms with Crippen LogP contribution in [0.25, 0.3) is 0 Å². The number of nitrogens with zero attached hydrogens (tertiary/aromatic N) is 2. The molecule has 2 aromatic rings. The van der Waals surface area contributed by atoms with Crippen molar-refractivity contribution in [1.82, 2.24) is 9.97 Å². The van der Waals surface area contributed by atoms with Crippen molar-refractivity contribution >= 4 is 42.4 Å². The summed E-state index contributed by atoms with van der Waals surface area (Å²) in [6.07, 6.45) is 3.29. The van der Waals surface area contributed by atoms with Crippen LogP contribution in [0.2, 0.25) is 0 Å². The molecule has 0 aliphatic carbocycles. The van der Waals surface area contributed by atoms with Crippen LogP contribution >= 0.6 is 20.9 Å². The van der Waals surface area contributed by atoms with Gasteiger partial charge >= 0.3 is 106 Å². The number of hydrogen-bond donors (Lipinski definition) is 0. The summed E-state index contributed by atoms with van der Waals surface area (Å²) in [6, 6.07) is 10.8. The Labute approximate surface area is 118 Å². The van der Waals surface area contributed by atoms with Gasteiger partial charge in [-0.1, -0.05) is 0 Å². The van der Waals surface area contributed by atoms with Crippen LogP contribution in [0.4, 0.5) is 0 Å². The molecule has 0 bridgehead atoms. The first-order chi connectivity index (χ1) is 7.84. The second-order valence-corrected chi connectivity index (χ2v) is 8.23. The molecule has 2 aromatic heterocycles. The molecule has 0 saturated carbocycles. The van der Waals surface area contributed by atoms with E-state index < -0.39 is 21.4 Å². The van der Waals surface area contributed by atoms with Gasteiger partial charge < -0.3 is 0 Å². The van der Waals surface area contributed by atoms with E-state index >= 15 is 0 Å². The second-order valence-electron chi connectivity index (χ2n) is 2.73. The van der Waals surface area contributed by atoms with Crippen LogP contribution in [0, 0.1) is 0 Å². The van der Waals surface area contributed by atoms with Crippen molar-refractivity contribution < 1.29 is 5.63 Å². The topological polar surface area (TPSA) is 44.2 Å². The molecule has 0 radical (unpaired) electrons. The Kier molecular flexibility index (Phi) is 6.49. The number of halogens is 2. The zero-order valence-corrected chi connectivity index (χ0v) is 13.6. The average Bonchev–Trinajstić information content (AvgIpc) is 2.31. The van der Waals surface area contributed by atoms with E-state index in [-0.39, 0.29) is 12.4 Å². The molecule has 0 saturated heterocycles. The summed E-state index contributed by atoms with van der Waals surface area (Å²) in [5.74, 6) is 0.984. The van der Waals surface area contributed by atoms with Gasteiger partial charge in [0.25, 0.3) is 0 Å². The molecule has 2 heterocycles. The van der Waals surface area contributed by atoms with E-state index in [0.29, 0.717) is 11.8 Å². The van der Waals surface area contributed by atoms with Gasteiger partial charge in [0, 0.05) is 0 Å². The van der Waals surface area contributed by atoms with E-state index in [0.717, 1.165) is 0 Å². The molecule has 17 heavy (non-hydrogen) atoms. The normalized spacial score (nSPS) is 9.53. The molecule has 0 aliphatic rings. The molecule has 0 aliphatic heterocycles. The zero-order chi connectivity index (χ0) is 11.2. The summed E-state index contributed by atoms with van der Waals surface area (Å²) in [5, 5.41) is 0. The molecule has 0 atom stereocenters. The van der Waals surface area contributed by atoms with Crippen molar-refractivity contribution in [2.75, 3.05) is 0 Å². The van der Waals surface area contributed by atoms with E-state index in [9.17, 15) is 0 Å². The summed E-state index contributed by atoms with van der Waals surface area (Å²) in [4.78, 5) is 8.01. The average molecular weight is 469 g/mol. The number of hydrogen-bond acceptors (Lipinski definition) is 4. The molecule has 0 fully saturated rings. The van der Waals surface area contributed by atoms with E-state index in [1.54, 1.807) is 24.5 Å². The summed E-state index contributed by atoms with van der Waals surface area (Å²) in [5.41, 5.74) is 0. The summed E-state index contributed by atoms with van der Waals surface area (Å²) in [7, 11) is 6.03. The van der Waals surface area contributed by atoms with Gasteiger partial charge in [-0.15, -0.1) is 12.4 Å². The first-order valence-corrected chi connectivity index (χ1v) is 11.6. The fraction of sp³-hybridized carbons (Fsp3) is 0. The van der Waals surface area contributed by atoms with Crippen LogP contribution in [-0.4, -0.2) is 31.4 Å². The Morgan fingerprint density at radius 2 is 1.35 bits per heavy atom. The molecule has 0 spiro atoms. The van der Waals surface area contributed by atoms with Gasteiger partial charge in [0.05, 0.1) is 0 Å². The van der Waals surface area contributed by atoms with Crippen LogP contribution in [0.3, 0.4) is 0 Å². The molecule has 0 aromatic carbocycles. The molecule has 0 amide bonds. The molecule has 4 nitrogen and oxygen atoms in total. The van der Waals surface area contributed by atoms with Crippen LogP contribution < -0.4 is 5.63 Å². The Morgan fingerprint density at radius 1 is 0.882 bits per heavy atom. The van der Waals surface area contributed by atoms with E-state index in [2.05, 4.69) is 9.97 Å². The number of pyridine rings is 2. The third kappa shape index (κ3) is 5.03. The summed E-state index contributed by atoms with van der Waals surface area (Å²) >= 11 is -2.94. The van der Waals surface area contributed by atoms with Gasteiger partial charge in [0.1, 0.15) is 0 Å². The van der Waals surface area contributed by atoms with Gasteiger partial charge in [0.15, 0.2) is 0 Å². The SMILES string of the molecule is Cl.[Cl][Bi]([O]c1ccccn1)[O]c1ccccn1. The third-order valence-corrected chi connectivity index (χ3v) is 5.39. The second kappa shape index (κ2) is 7.64. The quantitative estimate of drug-likeness (QED) is 0.647. The standard InChI is InChI=1S/2C5H5NO.Bi.2ClH/c2*7-5-3-1-2-4-6-5;;;/h2*1-4H,(H,6,7);;2*1H/q;;+3;;/p-3. The Balaban J connectivity index is 0.00000144. The van der Waals surface area contributed by atoms with Crippen LogP contribution in [0.15, 0.2) is 48.8 Å². The molecule has 0 N–H and O–H groups in total. The Morgan fingerprint density at radius 3 is 1.71 bits per heavy atom. The third-order valence-electron chi connectivity index (χ3n) is 1.61. The van der Waals surface area contributed by atoms with Gasteiger partial charge in [-0.2, -0.15) is 0 Å². The first kappa shape index (κ1) is 14.4. The van der Waals surface area contributed by atoms with Crippen molar-refractivity contribution in [2.24, 2.45) is 0 Å². The molecule has 7 heteroatoms. The van der Waals surface area contributed by atoms with Gasteiger partial charge in [-0.3, -0.25) is 0 Å². The van der Waals surface area contributed by atoms with Crippen molar-refractivity contribution in [1.29, 1.82) is 0 Å². The molecular weight excluding hydrogens is 460 g/mol. The maximum atomic E-state index is 6.03. The Hall–Kier alpha value is -0.637. The Bertz CT molecular complexity index is 391. The summed E-state index contributed by atoms with van der Waals surface area (Å²) < 4.78 is 10.8. The molecule has 0 unspecified atom stereocenters. The van der Waals surface area contributed by atoms with E-state index in [4.69, 9.17) is 14.1 Å². The van der Waals surface area contributed by atoms with Crippen molar-refractivity contribution in [2.45, 2.75) is 0 Å². The first-order valence-electron chi connectivity index (χ1n) is 4.48. The van der Waals surface area contributed by atoms with Crippen LogP contribution in [0.1, 0.15) is 0 Å². The van der Waals surface area contributed by atoms with Crippen molar-refractivity contribution in [3.63, 3.8) is 0 Å². The molecular formula is C10H9BiCl2N2O2. The number of rotatable bonds is 4. The van der Waals surface area contributed by atoms with Crippen molar-refractivity contribution in [3.05, 3.63) is 48.8 Å². The fourth-order valence-electron chi connectivity index (χ4n) is 0.968. The van der Waals surface area contributed by atoms with Gasteiger partial charge in [-0.25, -0.2) is 0 Å². The van der Waals surface area contributed by atoms with Gasteiger partial charge in [-0.05, 0) is 0 Å². The predicted molar refractivity (Wildman–Crippen MR) is 68.6 cm³/mol. The van der Waals surface area contributed by atoms with Crippen LogP contribution in [-0.2, 0) is 0 Å². The minimum absolute atomic E-state index is 0. The van der Waals surface area contributed by atoms with Gasteiger partial charge in [0.2, 0.25) is 0 Å². The maximum absolute atomic E-state index is 6.03. The van der Waals surface area contributed by atoms with E-state index in [1.807, 2.05) is 24.3 Å². The fourth-order valence-corrected chi connectivity index (χ4v) is 4.34. The molecule has 90 valence electrons. The molecule has 2 rings (SSSR count). The van der Waals surface area contributed by atoms with Crippen molar-refractivity contribution in [3.8, 4) is 11.8 Å². The zero-order valence-electron chi connectivity index (χ0n) is 8.56. The van der Waals surface area contributed by atoms with E-state index in [1.165, 1.54) is 0 Å². The monoisotopic (exact) mass is 468 g/mol. The summed E-state index contributed by atoms with van der Waals surface area (Å²) in [6.45, 7) is 0. The van der Waals surface area contributed by atoms with Crippen LogP contribution in [0.5, 0.6) is 11.8 Å². The number of aromatic nitrogens is 2. The minimum atomic E-state index is -2.94.